The van der Waals surface area contributed by atoms with Crippen LogP contribution < -0.4 is 10.6 Å². The van der Waals surface area contributed by atoms with Crippen molar-refractivity contribution in [3.8, 4) is 0 Å². The highest BCUT2D eigenvalue weighted by atomic mass is 32.1. The molecule has 1 atom stereocenters. The molecule has 1 unspecified atom stereocenters. The zero-order valence-electron chi connectivity index (χ0n) is 18.3. The minimum absolute atomic E-state index is 0.00818. The largest absolute Gasteiger partial charge is 0.465 e. The maximum Gasteiger partial charge on any atom is 0.341 e. The van der Waals surface area contributed by atoms with Gasteiger partial charge in [-0.15, -0.1) is 11.3 Å². The molecule has 9 heteroatoms. The van der Waals surface area contributed by atoms with E-state index in [-0.39, 0.29) is 24.9 Å². The van der Waals surface area contributed by atoms with Gasteiger partial charge in [-0.1, -0.05) is 13.0 Å². The van der Waals surface area contributed by atoms with Crippen molar-refractivity contribution in [3.63, 3.8) is 0 Å². The molecule has 1 aliphatic rings. The number of hydrogen-bond donors (Lipinski definition) is 2. The van der Waals surface area contributed by atoms with Gasteiger partial charge >= 0.3 is 5.97 Å². The van der Waals surface area contributed by atoms with Gasteiger partial charge in [-0.05, 0) is 56.8 Å². The van der Waals surface area contributed by atoms with Crippen LogP contribution in [0.1, 0.15) is 39.8 Å². The van der Waals surface area contributed by atoms with Crippen LogP contribution in [0.25, 0.3) is 0 Å². The Kier molecular flexibility index (Phi) is 7.40. The number of thiophene rings is 1. The molecule has 0 saturated heterocycles. The standard InChI is InChI=1S/C22H28N4O4S/c1-13-8-9-15-16(10-13)31-21(20(15)22(29)30-4)25-19(28)12-26(3)11-18(27)24-17-7-5-6-14(2)23-17/h5-7,13H,8-12H2,1-4H3,(H,25,28)(H,23,24,27). The second-order valence-corrected chi connectivity index (χ2v) is 9.09. The summed E-state index contributed by atoms with van der Waals surface area (Å²) < 4.78 is 4.96. The van der Waals surface area contributed by atoms with Crippen LogP contribution in [0.4, 0.5) is 10.8 Å². The van der Waals surface area contributed by atoms with Gasteiger partial charge in [0.2, 0.25) is 11.8 Å². The second-order valence-electron chi connectivity index (χ2n) is 7.98. The zero-order chi connectivity index (χ0) is 22.5. The Hall–Kier alpha value is -2.78. The lowest BCUT2D eigenvalue weighted by molar-refractivity contribution is -0.119. The Morgan fingerprint density at radius 3 is 2.61 bits per heavy atom. The van der Waals surface area contributed by atoms with Crippen LogP contribution in [-0.2, 0) is 27.2 Å². The van der Waals surface area contributed by atoms with Crippen LogP contribution in [0, 0.1) is 12.8 Å². The predicted molar refractivity (Wildman–Crippen MR) is 121 cm³/mol. The molecule has 0 bridgehead atoms. The quantitative estimate of drug-likeness (QED) is 0.637. The first-order valence-corrected chi connectivity index (χ1v) is 11.0. The number of amides is 2. The van der Waals surface area contributed by atoms with Crippen LogP contribution in [0.15, 0.2) is 18.2 Å². The molecule has 1 aliphatic carbocycles. The van der Waals surface area contributed by atoms with E-state index in [4.69, 9.17) is 4.74 Å². The fourth-order valence-corrected chi connectivity index (χ4v) is 5.08. The van der Waals surface area contributed by atoms with E-state index in [1.165, 1.54) is 18.4 Å². The molecule has 0 aromatic carbocycles. The summed E-state index contributed by atoms with van der Waals surface area (Å²) in [6, 6.07) is 5.37. The molecule has 0 spiro atoms. The number of esters is 1. The smallest absolute Gasteiger partial charge is 0.341 e. The molecule has 0 radical (unpaired) electrons. The number of ether oxygens (including phenoxy) is 1. The molecule has 0 saturated carbocycles. The Labute approximate surface area is 186 Å². The monoisotopic (exact) mass is 444 g/mol. The molecular weight excluding hydrogens is 416 g/mol. The Morgan fingerprint density at radius 1 is 1.23 bits per heavy atom. The molecule has 2 N–H and O–H groups in total. The van der Waals surface area contributed by atoms with Gasteiger partial charge in [-0.2, -0.15) is 0 Å². The van der Waals surface area contributed by atoms with E-state index in [0.717, 1.165) is 35.4 Å². The van der Waals surface area contributed by atoms with Crippen LogP contribution >= 0.6 is 11.3 Å². The minimum Gasteiger partial charge on any atom is -0.465 e. The number of pyridine rings is 1. The van der Waals surface area contributed by atoms with Gasteiger partial charge in [-0.3, -0.25) is 14.5 Å². The van der Waals surface area contributed by atoms with Gasteiger partial charge in [0.15, 0.2) is 0 Å². The maximum absolute atomic E-state index is 12.6. The average Bonchev–Trinajstić information content (AvgIpc) is 3.03. The summed E-state index contributed by atoms with van der Waals surface area (Å²) in [5.41, 5.74) is 2.26. The number of hydrogen-bond acceptors (Lipinski definition) is 7. The number of nitrogens with zero attached hydrogens (tertiary/aromatic N) is 2. The lowest BCUT2D eigenvalue weighted by atomic mass is 9.88. The highest BCUT2D eigenvalue weighted by Crippen LogP contribution is 2.40. The fraction of sp³-hybridized carbons (Fsp3) is 0.455. The first-order valence-electron chi connectivity index (χ1n) is 10.2. The van der Waals surface area contributed by atoms with Crippen LogP contribution in [0.2, 0.25) is 0 Å². The van der Waals surface area contributed by atoms with Gasteiger partial charge in [0.05, 0.1) is 25.8 Å². The normalized spacial score (nSPS) is 15.3. The van der Waals surface area contributed by atoms with Crippen molar-refractivity contribution in [2.45, 2.75) is 33.1 Å². The van der Waals surface area contributed by atoms with Crippen molar-refractivity contribution >= 4 is 39.9 Å². The number of fused-ring (bicyclic) bond motifs is 1. The number of carbonyl (C=O) groups is 3. The maximum atomic E-state index is 12.6. The van der Waals surface area contributed by atoms with Crippen molar-refractivity contribution in [2.24, 2.45) is 5.92 Å². The van der Waals surface area contributed by atoms with E-state index in [1.807, 2.05) is 19.1 Å². The third kappa shape index (κ3) is 5.89. The molecule has 166 valence electrons. The summed E-state index contributed by atoms with van der Waals surface area (Å²) in [4.78, 5) is 44.2. The third-order valence-electron chi connectivity index (χ3n) is 5.14. The van der Waals surface area contributed by atoms with Crippen molar-refractivity contribution in [1.82, 2.24) is 9.88 Å². The molecule has 31 heavy (non-hydrogen) atoms. The third-order valence-corrected chi connectivity index (χ3v) is 6.31. The summed E-state index contributed by atoms with van der Waals surface area (Å²) in [6.45, 7) is 4.07. The Morgan fingerprint density at radius 2 is 1.94 bits per heavy atom. The second kappa shape index (κ2) is 10.0. The van der Waals surface area contributed by atoms with Crippen LogP contribution in [-0.4, -0.2) is 54.9 Å². The van der Waals surface area contributed by atoms with E-state index in [1.54, 1.807) is 18.0 Å². The molecule has 3 rings (SSSR count). The highest BCUT2D eigenvalue weighted by molar-refractivity contribution is 7.17. The number of rotatable bonds is 7. The molecule has 0 fully saturated rings. The summed E-state index contributed by atoms with van der Waals surface area (Å²) in [6.07, 6.45) is 2.71. The Balaban J connectivity index is 1.61. The van der Waals surface area contributed by atoms with Gasteiger partial charge < -0.3 is 15.4 Å². The summed E-state index contributed by atoms with van der Waals surface area (Å²) in [5, 5.41) is 6.10. The predicted octanol–water partition coefficient (Wildman–Crippen LogP) is 2.87. The topological polar surface area (TPSA) is 101 Å². The van der Waals surface area contributed by atoms with Crippen LogP contribution in [0.5, 0.6) is 0 Å². The van der Waals surface area contributed by atoms with Gasteiger partial charge in [0.1, 0.15) is 10.8 Å². The summed E-state index contributed by atoms with van der Waals surface area (Å²) in [7, 11) is 3.03. The highest BCUT2D eigenvalue weighted by Gasteiger charge is 2.29. The minimum atomic E-state index is -0.430. The van der Waals surface area contributed by atoms with E-state index in [0.29, 0.717) is 22.3 Å². The average molecular weight is 445 g/mol. The number of methoxy groups -OCH3 is 1. The molecule has 2 heterocycles. The van der Waals surface area contributed by atoms with Crippen molar-refractivity contribution in [1.29, 1.82) is 0 Å². The molecule has 0 aliphatic heterocycles. The van der Waals surface area contributed by atoms with E-state index in [9.17, 15) is 14.4 Å². The first kappa shape index (κ1) is 22.9. The van der Waals surface area contributed by atoms with Crippen molar-refractivity contribution < 1.29 is 19.1 Å². The number of aryl methyl sites for hydroxylation is 1. The van der Waals surface area contributed by atoms with Gasteiger partial charge in [0.25, 0.3) is 0 Å². The van der Waals surface area contributed by atoms with E-state index in [2.05, 4.69) is 22.5 Å². The lowest BCUT2D eigenvalue weighted by Gasteiger charge is -2.18. The van der Waals surface area contributed by atoms with Crippen LogP contribution in [0.3, 0.4) is 0 Å². The van der Waals surface area contributed by atoms with Gasteiger partial charge in [-0.25, -0.2) is 9.78 Å². The summed E-state index contributed by atoms with van der Waals surface area (Å²) >= 11 is 1.44. The molecule has 2 aromatic heterocycles. The first-order chi connectivity index (χ1) is 14.8. The van der Waals surface area contributed by atoms with E-state index >= 15 is 0 Å². The number of nitrogens with one attached hydrogen (secondary N) is 2. The van der Waals surface area contributed by atoms with E-state index < -0.39 is 5.97 Å². The number of likely N-dealkylation sites (N-methyl/N-ethyl adjacent to an activating group) is 1. The fourth-order valence-electron chi connectivity index (χ4n) is 3.66. The molecular formula is C22H28N4O4S. The van der Waals surface area contributed by atoms with Gasteiger partial charge in [0, 0.05) is 10.6 Å². The molecule has 2 amide bonds. The summed E-state index contributed by atoms with van der Waals surface area (Å²) in [5.74, 6) is 0.0439. The van der Waals surface area contributed by atoms with Crippen molar-refractivity contribution in [2.75, 3.05) is 37.9 Å². The number of aromatic nitrogens is 1. The SMILES string of the molecule is COC(=O)c1c(NC(=O)CN(C)CC(=O)Nc2cccc(C)n2)sc2c1CCC(C)C2. The zero-order valence-corrected chi connectivity index (χ0v) is 19.1. The van der Waals surface area contributed by atoms with Crippen molar-refractivity contribution in [3.05, 3.63) is 39.9 Å². The lowest BCUT2D eigenvalue weighted by Crippen LogP contribution is -2.36. The molecule has 8 nitrogen and oxygen atoms in total. The Bertz CT molecular complexity index is 988. The molecule has 2 aromatic rings. The number of carbonyl (C=O) groups excluding carboxylic acids is 3. The number of anilines is 2.